The molecule has 2 aromatic rings. The molecule has 3 N–H and O–H groups in total. The van der Waals surface area contributed by atoms with Gasteiger partial charge in [0.2, 0.25) is 5.91 Å². The predicted molar refractivity (Wildman–Crippen MR) is 117 cm³/mol. The zero-order chi connectivity index (χ0) is 17.9. The van der Waals surface area contributed by atoms with Crippen molar-refractivity contribution in [3.8, 4) is 0 Å². The molecule has 0 fully saturated rings. The van der Waals surface area contributed by atoms with Gasteiger partial charge in [-0.1, -0.05) is 37.3 Å². The molecule has 1 unspecified atom stereocenters. The van der Waals surface area contributed by atoms with Crippen molar-refractivity contribution in [1.82, 2.24) is 15.6 Å². The number of aromatic nitrogens is 1. The van der Waals surface area contributed by atoms with E-state index in [0.29, 0.717) is 17.6 Å². The van der Waals surface area contributed by atoms with Gasteiger partial charge in [-0.2, -0.15) is 0 Å². The van der Waals surface area contributed by atoms with Crippen LogP contribution in [-0.4, -0.2) is 36.5 Å². The summed E-state index contributed by atoms with van der Waals surface area (Å²) in [4.78, 5) is 20.3. The van der Waals surface area contributed by atoms with E-state index in [-0.39, 0.29) is 36.4 Å². The Morgan fingerprint density at radius 3 is 2.58 bits per heavy atom. The van der Waals surface area contributed by atoms with Crippen LogP contribution in [0.5, 0.6) is 0 Å². The Morgan fingerprint density at radius 2 is 1.92 bits per heavy atom. The van der Waals surface area contributed by atoms with Gasteiger partial charge in [0, 0.05) is 19.3 Å². The minimum atomic E-state index is -0.179. The molecular formula is C19H26IN5O. The topological polar surface area (TPSA) is 78.4 Å². The third-order valence-corrected chi connectivity index (χ3v) is 3.61. The second-order valence-corrected chi connectivity index (χ2v) is 5.68. The van der Waals surface area contributed by atoms with Gasteiger partial charge in [-0.25, -0.2) is 4.99 Å². The standard InChI is InChI=1S/C19H25N5O.HI/c1-3-21-19(22-12-15(2)16-8-5-4-6-9-16)23-14-18(25)24-17-10-7-11-20-13-17;/h4-11,13,15H,3,12,14H2,1-2H3,(H,24,25)(H2,21,22,23);1H. The average molecular weight is 467 g/mol. The molecule has 26 heavy (non-hydrogen) atoms. The highest BCUT2D eigenvalue weighted by Crippen LogP contribution is 2.12. The third-order valence-electron chi connectivity index (χ3n) is 3.61. The molecule has 6 nitrogen and oxygen atoms in total. The van der Waals surface area contributed by atoms with E-state index in [1.807, 2.05) is 25.1 Å². The second kappa shape index (κ2) is 12.2. The maximum atomic E-state index is 12.0. The number of aliphatic imine (C=N–C) groups is 1. The van der Waals surface area contributed by atoms with E-state index >= 15 is 0 Å². The quantitative estimate of drug-likeness (QED) is 0.333. The third kappa shape index (κ3) is 7.81. The van der Waals surface area contributed by atoms with Crippen molar-refractivity contribution >= 4 is 41.5 Å². The van der Waals surface area contributed by atoms with Crippen LogP contribution in [0.3, 0.4) is 0 Å². The van der Waals surface area contributed by atoms with Crippen LogP contribution in [0.1, 0.15) is 25.3 Å². The van der Waals surface area contributed by atoms with E-state index in [0.717, 1.165) is 13.1 Å². The zero-order valence-corrected chi connectivity index (χ0v) is 17.4. The van der Waals surface area contributed by atoms with Crippen LogP contribution in [-0.2, 0) is 4.79 Å². The summed E-state index contributed by atoms with van der Waals surface area (Å²) >= 11 is 0. The lowest BCUT2D eigenvalue weighted by molar-refractivity contribution is -0.114. The summed E-state index contributed by atoms with van der Waals surface area (Å²) in [7, 11) is 0. The molecule has 0 bridgehead atoms. The maximum Gasteiger partial charge on any atom is 0.246 e. The SMILES string of the molecule is CCNC(=NCC(=O)Nc1cccnc1)NCC(C)c1ccccc1.I. The number of anilines is 1. The first-order valence-corrected chi connectivity index (χ1v) is 8.46. The van der Waals surface area contributed by atoms with Crippen molar-refractivity contribution in [2.45, 2.75) is 19.8 Å². The molecule has 0 saturated heterocycles. The van der Waals surface area contributed by atoms with Crippen LogP contribution in [0, 0.1) is 0 Å². The first-order chi connectivity index (χ1) is 12.2. The Morgan fingerprint density at radius 1 is 1.15 bits per heavy atom. The van der Waals surface area contributed by atoms with Crippen LogP contribution < -0.4 is 16.0 Å². The van der Waals surface area contributed by atoms with Crippen molar-refractivity contribution < 1.29 is 4.79 Å². The molecule has 1 aromatic carbocycles. The Kier molecular flexibility index (Phi) is 10.3. The summed E-state index contributed by atoms with van der Waals surface area (Å²) in [5, 5.41) is 9.21. The number of nitrogens with one attached hydrogen (secondary N) is 3. The van der Waals surface area contributed by atoms with Gasteiger partial charge in [-0.05, 0) is 30.5 Å². The van der Waals surface area contributed by atoms with E-state index in [9.17, 15) is 4.79 Å². The lowest BCUT2D eigenvalue weighted by Crippen LogP contribution is -2.39. The smallest absolute Gasteiger partial charge is 0.246 e. The number of benzene rings is 1. The maximum absolute atomic E-state index is 12.0. The highest BCUT2D eigenvalue weighted by Gasteiger charge is 2.07. The van der Waals surface area contributed by atoms with Gasteiger partial charge in [0.15, 0.2) is 5.96 Å². The van der Waals surface area contributed by atoms with Crippen LogP contribution in [0.25, 0.3) is 0 Å². The fourth-order valence-corrected chi connectivity index (χ4v) is 2.28. The van der Waals surface area contributed by atoms with Gasteiger partial charge < -0.3 is 16.0 Å². The monoisotopic (exact) mass is 467 g/mol. The number of amides is 1. The lowest BCUT2D eigenvalue weighted by atomic mass is 10.0. The fourth-order valence-electron chi connectivity index (χ4n) is 2.28. The number of carbonyl (C=O) groups is 1. The summed E-state index contributed by atoms with van der Waals surface area (Å²) in [6.07, 6.45) is 3.27. The average Bonchev–Trinajstić information content (AvgIpc) is 2.65. The van der Waals surface area contributed by atoms with Crippen molar-refractivity contribution in [2.75, 3.05) is 25.0 Å². The molecule has 140 valence electrons. The Hall–Kier alpha value is -2.16. The molecule has 1 atom stereocenters. The van der Waals surface area contributed by atoms with Crippen molar-refractivity contribution in [3.05, 3.63) is 60.4 Å². The molecular weight excluding hydrogens is 441 g/mol. The number of carbonyl (C=O) groups excluding carboxylic acids is 1. The van der Waals surface area contributed by atoms with Crippen molar-refractivity contribution in [1.29, 1.82) is 0 Å². The molecule has 0 aliphatic heterocycles. The number of hydrogen-bond donors (Lipinski definition) is 3. The molecule has 0 spiro atoms. The Labute approximate surface area is 171 Å². The van der Waals surface area contributed by atoms with Gasteiger partial charge in [0.25, 0.3) is 0 Å². The molecule has 1 heterocycles. The van der Waals surface area contributed by atoms with Gasteiger partial charge in [0.1, 0.15) is 6.54 Å². The fraction of sp³-hybridized carbons (Fsp3) is 0.316. The minimum Gasteiger partial charge on any atom is -0.357 e. The minimum absolute atomic E-state index is 0. The normalized spacial score (nSPS) is 11.8. The molecule has 1 amide bonds. The molecule has 0 radical (unpaired) electrons. The number of pyridine rings is 1. The van der Waals surface area contributed by atoms with E-state index in [1.54, 1.807) is 24.5 Å². The first kappa shape index (κ1) is 21.9. The molecule has 0 aliphatic rings. The number of halogens is 1. The van der Waals surface area contributed by atoms with Gasteiger partial charge in [-0.3, -0.25) is 9.78 Å². The van der Waals surface area contributed by atoms with Crippen LogP contribution in [0.15, 0.2) is 59.9 Å². The van der Waals surface area contributed by atoms with E-state index in [1.165, 1.54) is 5.56 Å². The second-order valence-electron chi connectivity index (χ2n) is 5.68. The summed E-state index contributed by atoms with van der Waals surface area (Å²) < 4.78 is 0. The van der Waals surface area contributed by atoms with E-state index in [4.69, 9.17) is 0 Å². The molecule has 1 aromatic heterocycles. The van der Waals surface area contributed by atoms with Gasteiger partial charge in [0.05, 0.1) is 11.9 Å². The summed E-state index contributed by atoms with van der Waals surface area (Å²) in [5.74, 6) is 0.794. The number of rotatable bonds is 7. The highest BCUT2D eigenvalue weighted by molar-refractivity contribution is 14.0. The highest BCUT2D eigenvalue weighted by atomic mass is 127. The van der Waals surface area contributed by atoms with E-state index < -0.39 is 0 Å². The van der Waals surface area contributed by atoms with Crippen molar-refractivity contribution in [2.24, 2.45) is 4.99 Å². The molecule has 7 heteroatoms. The molecule has 0 saturated carbocycles. The van der Waals surface area contributed by atoms with Crippen LogP contribution in [0.4, 0.5) is 5.69 Å². The molecule has 2 rings (SSSR count). The summed E-state index contributed by atoms with van der Waals surface area (Å²) in [6, 6.07) is 13.9. The number of nitrogens with zero attached hydrogens (tertiary/aromatic N) is 2. The Balaban J connectivity index is 0.00000338. The Bertz CT molecular complexity index is 679. The predicted octanol–water partition coefficient (Wildman–Crippen LogP) is 3.00. The summed E-state index contributed by atoms with van der Waals surface area (Å²) in [6.45, 7) is 5.66. The van der Waals surface area contributed by atoms with Gasteiger partial charge in [-0.15, -0.1) is 24.0 Å². The number of hydrogen-bond acceptors (Lipinski definition) is 3. The first-order valence-electron chi connectivity index (χ1n) is 8.46. The van der Waals surface area contributed by atoms with Gasteiger partial charge >= 0.3 is 0 Å². The van der Waals surface area contributed by atoms with Crippen LogP contribution >= 0.6 is 24.0 Å². The van der Waals surface area contributed by atoms with Crippen molar-refractivity contribution in [3.63, 3.8) is 0 Å². The largest absolute Gasteiger partial charge is 0.357 e. The van der Waals surface area contributed by atoms with Crippen LogP contribution in [0.2, 0.25) is 0 Å². The zero-order valence-electron chi connectivity index (χ0n) is 15.1. The van der Waals surface area contributed by atoms with E-state index in [2.05, 4.69) is 45.0 Å². The lowest BCUT2D eigenvalue weighted by Gasteiger charge is -2.16. The summed E-state index contributed by atoms with van der Waals surface area (Å²) in [5.41, 5.74) is 1.93. The molecule has 0 aliphatic carbocycles. The number of guanidine groups is 1.